The molecule has 0 aliphatic heterocycles. The van der Waals surface area contributed by atoms with Gasteiger partial charge in [0.05, 0.1) is 5.56 Å². The summed E-state index contributed by atoms with van der Waals surface area (Å²) in [7, 11) is 0. The monoisotopic (exact) mass is 314 g/mol. The maximum Gasteiger partial charge on any atom is 0.416 e. The molecule has 0 aliphatic rings. The number of benzene rings is 3. The van der Waals surface area contributed by atoms with E-state index in [4.69, 9.17) is 4.74 Å². The fourth-order valence-corrected chi connectivity index (χ4v) is 2.22. The molecule has 0 spiro atoms. The summed E-state index contributed by atoms with van der Waals surface area (Å²) >= 11 is 0. The molecular weight excluding hydrogens is 301 g/mol. The van der Waals surface area contributed by atoms with Crippen molar-refractivity contribution in [2.45, 2.75) is 6.18 Å². The number of halogens is 3. The lowest BCUT2D eigenvalue weighted by Gasteiger charge is -2.09. The molecule has 23 heavy (non-hydrogen) atoms. The van der Waals surface area contributed by atoms with Crippen LogP contribution in [0.15, 0.2) is 78.9 Å². The van der Waals surface area contributed by atoms with E-state index in [0.29, 0.717) is 17.1 Å². The van der Waals surface area contributed by atoms with Crippen LogP contribution < -0.4 is 4.74 Å². The minimum atomic E-state index is -4.32. The summed E-state index contributed by atoms with van der Waals surface area (Å²) in [6.45, 7) is 0. The zero-order valence-electron chi connectivity index (χ0n) is 12.0. The van der Waals surface area contributed by atoms with Gasteiger partial charge in [-0.1, -0.05) is 42.5 Å². The lowest BCUT2D eigenvalue weighted by Crippen LogP contribution is -2.03. The molecule has 0 aliphatic carbocycles. The molecule has 0 unspecified atom stereocenters. The van der Waals surface area contributed by atoms with Crippen molar-refractivity contribution in [3.63, 3.8) is 0 Å². The molecule has 0 saturated carbocycles. The molecule has 0 saturated heterocycles. The molecule has 0 bridgehead atoms. The molecule has 0 radical (unpaired) electrons. The van der Waals surface area contributed by atoms with Crippen LogP contribution in [-0.2, 0) is 6.18 Å². The van der Waals surface area contributed by atoms with Crippen molar-refractivity contribution >= 4 is 0 Å². The van der Waals surface area contributed by atoms with Gasteiger partial charge in [0.25, 0.3) is 0 Å². The van der Waals surface area contributed by atoms with Crippen molar-refractivity contribution in [2.75, 3.05) is 0 Å². The van der Waals surface area contributed by atoms with Gasteiger partial charge in [0, 0.05) is 0 Å². The van der Waals surface area contributed by atoms with Crippen molar-refractivity contribution < 1.29 is 17.9 Å². The van der Waals surface area contributed by atoms with Gasteiger partial charge in [0.2, 0.25) is 0 Å². The maximum atomic E-state index is 12.6. The smallest absolute Gasteiger partial charge is 0.416 e. The van der Waals surface area contributed by atoms with Gasteiger partial charge in [0.1, 0.15) is 11.5 Å². The number of para-hydroxylation sites is 1. The van der Waals surface area contributed by atoms with E-state index in [1.165, 1.54) is 12.1 Å². The Morgan fingerprint density at radius 1 is 0.609 bits per heavy atom. The molecule has 0 atom stereocenters. The Bertz CT molecular complexity index is 778. The number of hydrogen-bond donors (Lipinski definition) is 0. The fourth-order valence-electron chi connectivity index (χ4n) is 2.22. The van der Waals surface area contributed by atoms with Crippen LogP contribution in [0.1, 0.15) is 5.56 Å². The lowest BCUT2D eigenvalue weighted by molar-refractivity contribution is -0.137. The second kappa shape index (κ2) is 6.16. The largest absolute Gasteiger partial charge is 0.457 e. The maximum absolute atomic E-state index is 12.6. The number of hydrogen-bond acceptors (Lipinski definition) is 1. The van der Waals surface area contributed by atoms with E-state index in [-0.39, 0.29) is 0 Å². The lowest BCUT2D eigenvalue weighted by atomic mass is 10.0. The van der Waals surface area contributed by atoms with Crippen LogP contribution in [0.25, 0.3) is 11.1 Å². The topological polar surface area (TPSA) is 9.23 Å². The summed E-state index contributed by atoms with van der Waals surface area (Å²) in [6.07, 6.45) is -4.32. The Balaban J connectivity index is 1.85. The molecule has 0 aromatic heterocycles. The third kappa shape index (κ3) is 3.72. The minimum absolute atomic E-state index is 0.633. The van der Waals surface area contributed by atoms with Gasteiger partial charge in [-0.25, -0.2) is 0 Å². The highest BCUT2D eigenvalue weighted by atomic mass is 19.4. The number of ether oxygens (including phenoxy) is 1. The van der Waals surface area contributed by atoms with Gasteiger partial charge in [-0.15, -0.1) is 0 Å². The summed E-state index contributed by atoms with van der Waals surface area (Å²) in [5, 5.41) is 0. The van der Waals surface area contributed by atoms with E-state index in [2.05, 4.69) is 0 Å². The van der Waals surface area contributed by atoms with Crippen molar-refractivity contribution in [3.05, 3.63) is 84.4 Å². The van der Waals surface area contributed by atoms with Gasteiger partial charge >= 0.3 is 6.18 Å². The van der Waals surface area contributed by atoms with Crippen LogP contribution in [-0.4, -0.2) is 0 Å². The van der Waals surface area contributed by atoms with Crippen molar-refractivity contribution in [1.82, 2.24) is 0 Å². The SMILES string of the molecule is FC(F)(F)c1ccc(-c2cccc(Oc3ccccc3)c2)cc1. The van der Waals surface area contributed by atoms with Crippen LogP contribution in [0.4, 0.5) is 13.2 Å². The summed E-state index contributed by atoms with van der Waals surface area (Å²) in [5.41, 5.74) is 0.849. The summed E-state index contributed by atoms with van der Waals surface area (Å²) in [5.74, 6) is 1.34. The average Bonchev–Trinajstić information content (AvgIpc) is 2.55. The zero-order valence-corrected chi connectivity index (χ0v) is 12.0. The standard InChI is InChI=1S/C19H13F3O/c20-19(21,22)16-11-9-14(10-12-16)15-5-4-8-18(13-15)23-17-6-2-1-3-7-17/h1-13H. The molecule has 3 aromatic rings. The molecule has 3 rings (SSSR count). The second-order valence-corrected chi connectivity index (χ2v) is 5.02. The second-order valence-electron chi connectivity index (χ2n) is 5.02. The molecule has 4 heteroatoms. The Kier molecular flexibility index (Phi) is 4.06. The van der Waals surface area contributed by atoms with Gasteiger partial charge < -0.3 is 4.74 Å². The third-order valence-electron chi connectivity index (χ3n) is 3.36. The molecular formula is C19H13F3O. The van der Waals surface area contributed by atoms with E-state index in [1.807, 2.05) is 42.5 Å². The molecule has 0 fully saturated rings. The first kappa shape index (κ1) is 15.2. The van der Waals surface area contributed by atoms with Crippen molar-refractivity contribution in [2.24, 2.45) is 0 Å². The Hall–Kier alpha value is -2.75. The van der Waals surface area contributed by atoms with Crippen LogP contribution in [0.3, 0.4) is 0 Å². The third-order valence-corrected chi connectivity index (χ3v) is 3.36. The van der Waals surface area contributed by atoms with Gasteiger partial charge in [0.15, 0.2) is 0 Å². The van der Waals surface area contributed by atoms with E-state index in [1.54, 1.807) is 12.1 Å². The van der Waals surface area contributed by atoms with E-state index < -0.39 is 11.7 Å². The Morgan fingerprint density at radius 3 is 1.91 bits per heavy atom. The van der Waals surface area contributed by atoms with Crippen molar-refractivity contribution in [3.8, 4) is 22.6 Å². The zero-order chi connectivity index (χ0) is 16.3. The molecule has 3 aromatic carbocycles. The molecule has 0 heterocycles. The minimum Gasteiger partial charge on any atom is -0.457 e. The molecule has 0 amide bonds. The van der Waals surface area contributed by atoms with Crippen LogP contribution in [0.5, 0.6) is 11.5 Å². The molecule has 1 nitrogen and oxygen atoms in total. The Morgan fingerprint density at radius 2 is 1.26 bits per heavy atom. The number of rotatable bonds is 3. The van der Waals surface area contributed by atoms with Gasteiger partial charge in [-0.3, -0.25) is 0 Å². The molecule has 0 N–H and O–H groups in total. The first-order valence-electron chi connectivity index (χ1n) is 7.03. The first-order valence-corrected chi connectivity index (χ1v) is 7.03. The van der Waals surface area contributed by atoms with E-state index in [9.17, 15) is 13.2 Å². The highest BCUT2D eigenvalue weighted by molar-refractivity contribution is 5.65. The highest BCUT2D eigenvalue weighted by Gasteiger charge is 2.29. The van der Waals surface area contributed by atoms with Crippen LogP contribution in [0, 0.1) is 0 Å². The predicted octanol–water partition coefficient (Wildman–Crippen LogP) is 6.16. The molecule has 116 valence electrons. The number of alkyl halides is 3. The fraction of sp³-hybridized carbons (Fsp3) is 0.0526. The van der Waals surface area contributed by atoms with Crippen LogP contribution >= 0.6 is 0 Å². The van der Waals surface area contributed by atoms with Crippen LogP contribution in [0.2, 0.25) is 0 Å². The average molecular weight is 314 g/mol. The van der Waals surface area contributed by atoms with Gasteiger partial charge in [-0.05, 0) is 47.5 Å². The highest BCUT2D eigenvalue weighted by Crippen LogP contribution is 2.32. The summed E-state index contributed by atoms with van der Waals surface area (Å²) in [6, 6.07) is 21.7. The summed E-state index contributed by atoms with van der Waals surface area (Å²) < 4.78 is 43.6. The van der Waals surface area contributed by atoms with E-state index in [0.717, 1.165) is 17.7 Å². The van der Waals surface area contributed by atoms with Crippen molar-refractivity contribution in [1.29, 1.82) is 0 Å². The predicted molar refractivity (Wildman–Crippen MR) is 83.4 cm³/mol. The quantitative estimate of drug-likeness (QED) is 0.562. The van der Waals surface area contributed by atoms with E-state index >= 15 is 0 Å². The summed E-state index contributed by atoms with van der Waals surface area (Å²) in [4.78, 5) is 0. The first-order chi connectivity index (χ1) is 11.0. The normalized spacial score (nSPS) is 11.3. The Labute approximate surface area is 132 Å². The van der Waals surface area contributed by atoms with Gasteiger partial charge in [-0.2, -0.15) is 13.2 Å².